The molecule has 0 aliphatic rings. The summed E-state index contributed by atoms with van der Waals surface area (Å²) in [6, 6.07) is 0. The first-order valence-corrected chi connectivity index (χ1v) is 26.1. The van der Waals surface area contributed by atoms with Crippen LogP contribution in [0, 0.1) is 0 Å². The molecule has 0 bridgehead atoms. The molecule has 5 nitrogen and oxygen atoms in total. The standard InChI is InChI=1S/C57H98O5/c1-4-7-10-13-16-19-22-24-26-28-30-32-34-37-40-43-46-49-52-60-53-55(62-57(59)51-48-45-42-39-35-21-18-15-12-9-6-3)54-61-56(58)50-47-44-41-38-36-33-31-29-27-25-23-20-17-14-11-8-5-2/h7-8,10-11,16-17,19-20,24-27,30,32,55H,4-6,9,12-15,18,21-23,28-29,31,33-54H2,1-3H3/b10-7-,11-8-,19-16-,20-17-,26-24-,27-25-,32-30-. The monoisotopic (exact) mass is 863 g/mol. The third kappa shape index (κ3) is 49.7. The molecule has 0 aromatic carbocycles. The van der Waals surface area contributed by atoms with Crippen LogP contribution in [0.2, 0.25) is 0 Å². The van der Waals surface area contributed by atoms with Crippen LogP contribution >= 0.6 is 0 Å². The molecule has 0 fully saturated rings. The summed E-state index contributed by atoms with van der Waals surface area (Å²) in [5.41, 5.74) is 0. The molecule has 5 heteroatoms. The van der Waals surface area contributed by atoms with Gasteiger partial charge in [-0.05, 0) is 89.9 Å². The van der Waals surface area contributed by atoms with Gasteiger partial charge in [-0.15, -0.1) is 0 Å². The van der Waals surface area contributed by atoms with Crippen LogP contribution < -0.4 is 0 Å². The van der Waals surface area contributed by atoms with E-state index in [0.717, 1.165) is 103 Å². The Morgan fingerprint density at radius 2 is 0.726 bits per heavy atom. The summed E-state index contributed by atoms with van der Waals surface area (Å²) >= 11 is 0. The Kier molecular flexibility index (Phi) is 50.0. The molecule has 1 atom stereocenters. The highest BCUT2D eigenvalue weighted by Gasteiger charge is 2.17. The van der Waals surface area contributed by atoms with Crippen molar-refractivity contribution in [3.8, 4) is 0 Å². The Morgan fingerprint density at radius 1 is 0.371 bits per heavy atom. The van der Waals surface area contributed by atoms with E-state index in [2.05, 4.69) is 106 Å². The zero-order valence-electron chi connectivity index (χ0n) is 40.9. The van der Waals surface area contributed by atoms with Crippen molar-refractivity contribution >= 4 is 11.9 Å². The minimum Gasteiger partial charge on any atom is -0.462 e. The molecule has 62 heavy (non-hydrogen) atoms. The van der Waals surface area contributed by atoms with Gasteiger partial charge in [-0.2, -0.15) is 0 Å². The summed E-state index contributed by atoms with van der Waals surface area (Å²) < 4.78 is 17.4. The third-order valence-corrected chi connectivity index (χ3v) is 10.9. The zero-order valence-corrected chi connectivity index (χ0v) is 40.9. The Balaban J connectivity index is 4.29. The number of hydrogen-bond donors (Lipinski definition) is 0. The number of unbranched alkanes of at least 4 members (excludes halogenated alkanes) is 22. The number of hydrogen-bond acceptors (Lipinski definition) is 5. The quantitative estimate of drug-likeness (QED) is 0.0346. The second-order valence-corrected chi connectivity index (χ2v) is 17.0. The molecule has 0 rings (SSSR count). The van der Waals surface area contributed by atoms with Gasteiger partial charge in [0.05, 0.1) is 6.61 Å². The van der Waals surface area contributed by atoms with Crippen LogP contribution in [-0.2, 0) is 23.8 Å². The Morgan fingerprint density at radius 3 is 1.16 bits per heavy atom. The molecule has 0 aliphatic carbocycles. The first-order valence-electron chi connectivity index (χ1n) is 26.1. The highest BCUT2D eigenvalue weighted by Crippen LogP contribution is 2.14. The fourth-order valence-corrected chi connectivity index (χ4v) is 7.10. The number of carbonyl (C=O) groups is 2. The molecule has 0 aliphatic heterocycles. The lowest BCUT2D eigenvalue weighted by atomic mass is 10.1. The highest BCUT2D eigenvalue weighted by atomic mass is 16.6. The summed E-state index contributed by atoms with van der Waals surface area (Å²) in [6.45, 7) is 7.56. The van der Waals surface area contributed by atoms with E-state index in [4.69, 9.17) is 14.2 Å². The number of rotatable bonds is 47. The van der Waals surface area contributed by atoms with Crippen LogP contribution in [-0.4, -0.2) is 37.9 Å². The molecule has 0 saturated heterocycles. The van der Waals surface area contributed by atoms with Gasteiger partial charge in [0.15, 0.2) is 6.10 Å². The van der Waals surface area contributed by atoms with E-state index < -0.39 is 6.10 Å². The lowest BCUT2D eigenvalue weighted by molar-refractivity contribution is -0.163. The van der Waals surface area contributed by atoms with E-state index >= 15 is 0 Å². The average Bonchev–Trinajstić information content (AvgIpc) is 3.27. The van der Waals surface area contributed by atoms with Gasteiger partial charge in [-0.25, -0.2) is 0 Å². The second-order valence-electron chi connectivity index (χ2n) is 17.0. The smallest absolute Gasteiger partial charge is 0.306 e. The fraction of sp³-hybridized carbons (Fsp3) is 0.719. The van der Waals surface area contributed by atoms with Crippen LogP contribution in [0.4, 0.5) is 0 Å². The van der Waals surface area contributed by atoms with E-state index in [0.29, 0.717) is 19.4 Å². The molecule has 0 aromatic heterocycles. The molecule has 356 valence electrons. The van der Waals surface area contributed by atoms with Gasteiger partial charge in [0, 0.05) is 19.4 Å². The minimum absolute atomic E-state index is 0.0706. The van der Waals surface area contributed by atoms with Crippen molar-refractivity contribution in [2.24, 2.45) is 0 Å². The summed E-state index contributed by atoms with van der Waals surface area (Å²) in [6.07, 6.45) is 68.8. The van der Waals surface area contributed by atoms with Gasteiger partial charge in [-0.3, -0.25) is 9.59 Å². The van der Waals surface area contributed by atoms with Crippen LogP contribution in [0.3, 0.4) is 0 Å². The molecular weight excluding hydrogens is 765 g/mol. The number of carbonyl (C=O) groups excluding carboxylic acids is 2. The maximum atomic E-state index is 12.8. The van der Waals surface area contributed by atoms with E-state index in [1.165, 1.54) is 103 Å². The van der Waals surface area contributed by atoms with Gasteiger partial charge < -0.3 is 14.2 Å². The van der Waals surface area contributed by atoms with E-state index in [-0.39, 0.29) is 25.2 Å². The first-order chi connectivity index (χ1) is 30.6. The van der Waals surface area contributed by atoms with Crippen molar-refractivity contribution in [3.05, 3.63) is 85.1 Å². The average molecular weight is 863 g/mol. The normalized spacial score (nSPS) is 12.9. The van der Waals surface area contributed by atoms with Crippen molar-refractivity contribution in [1.29, 1.82) is 0 Å². The lowest BCUT2D eigenvalue weighted by Gasteiger charge is -2.18. The fourth-order valence-electron chi connectivity index (χ4n) is 7.10. The SMILES string of the molecule is CC/C=C\C/C=C\C/C=C\C/C=C\CCCCCCCOCC(COC(=O)CCCCCCCCC/C=C\C/C=C\C/C=C\CC)OC(=O)CCCCCCCCCCCCC. The van der Waals surface area contributed by atoms with E-state index in [1.807, 2.05) is 0 Å². The Bertz CT molecular complexity index is 1160. The number of esters is 2. The highest BCUT2D eigenvalue weighted by molar-refractivity contribution is 5.70. The molecule has 0 spiro atoms. The number of ether oxygens (including phenoxy) is 3. The third-order valence-electron chi connectivity index (χ3n) is 10.9. The molecule has 0 heterocycles. The van der Waals surface area contributed by atoms with Gasteiger partial charge in [0.2, 0.25) is 0 Å². The minimum atomic E-state index is -0.551. The van der Waals surface area contributed by atoms with Crippen molar-refractivity contribution in [1.82, 2.24) is 0 Å². The van der Waals surface area contributed by atoms with Crippen molar-refractivity contribution in [2.75, 3.05) is 19.8 Å². The maximum Gasteiger partial charge on any atom is 0.306 e. The summed E-state index contributed by atoms with van der Waals surface area (Å²) in [5, 5.41) is 0. The largest absolute Gasteiger partial charge is 0.462 e. The molecule has 0 aromatic rings. The van der Waals surface area contributed by atoms with Gasteiger partial charge in [0.1, 0.15) is 6.61 Å². The van der Waals surface area contributed by atoms with E-state index in [1.54, 1.807) is 0 Å². The van der Waals surface area contributed by atoms with Gasteiger partial charge in [-0.1, -0.05) is 221 Å². The summed E-state index contributed by atoms with van der Waals surface area (Å²) in [7, 11) is 0. The molecule has 0 saturated carbocycles. The predicted octanol–water partition coefficient (Wildman–Crippen LogP) is 17.7. The second kappa shape index (κ2) is 52.4. The topological polar surface area (TPSA) is 61.8 Å². The van der Waals surface area contributed by atoms with Crippen molar-refractivity contribution in [3.63, 3.8) is 0 Å². The Hall–Kier alpha value is -2.92. The van der Waals surface area contributed by atoms with Gasteiger partial charge >= 0.3 is 11.9 Å². The Labute approximate surface area is 384 Å². The predicted molar refractivity (Wildman–Crippen MR) is 270 cm³/mol. The zero-order chi connectivity index (χ0) is 44.9. The molecular formula is C57H98O5. The van der Waals surface area contributed by atoms with Crippen LogP contribution in [0.15, 0.2) is 85.1 Å². The van der Waals surface area contributed by atoms with E-state index in [9.17, 15) is 9.59 Å². The molecule has 0 radical (unpaired) electrons. The summed E-state index contributed by atoms with van der Waals surface area (Å²) in [5.74, 6) is -0.418. The first kappa shape index (κ1) is 59.1. The van der Waals surface area contributed by atoms with Crippen LogP contribution in [0.5, 0.6) is 0 Å². The summed E-state index contributed by atoms with van der Waals surface area (Å²) in [4.78, 5) is 25.4. The van der Waals surface area contributed by atoms with Crippen molar-refractivity contribution in [2.45, 2.75) is 245 Å². The lowest BCUT2D eigenvalue weighted by Crippen LogP contribution is -2.30. The number of allylic oxidation sites excluding steroid dienone is 14. The molecule has 0 amide bonds. The van der Waals surface area contributed by atoms with Gasteiger partial charge in [0.25, 0.3) is 0 Å². The maximum absolute atomic E-state index is 12.8. The molecule has 0 N–H and O–H groups in total. The van der Waals surface area contributed by atoms with Crippen LogP contribution in [0.25, 0.3) is 0 Å². The van der Waals surface area contributed by atoms with Crippen molar-refractivity contribution < 1.29 is 23.8 Å². The molecule has 1 unspecified atom stereocenters. The van der Waals surface area contributed by atoms with Crippen LogP contribution in [0.1, 0.15) is 239 Å².